The number of nitrogens with two attached hydrogens (primary N) is 1. The molecule has 0 unspecified atom stereocenters. The van der Waals surface area contributed by atoms with Gasteiger partial charge in [-0.25, -0.2) is 4.39 Å². The number of anilines is 1. The summed E-state index contributed by atoms with van der Waals surface area (Å²) in [5, 5.41) is 4.83. The van der Waals surface area contributed by atoms with Gasteiger partial charge in [0.15, 0.2) is 0 Å². The molecule has 0 radical (unpaired) electrons. The summed E-state index contributed by atoms with van der Waals surface area (Å²) in [5.41, 5.74) is 8.07. The Balaban J connectivity index is 1.48. The summed E-state index contributed by atoms with van der Waals surface area (Å²) in [4.78, 5) is 12.5. The van der Waals surface area contributed by atoms with Crippen molar-refractivity contribution in [2.24, 2.45) is 5.73 Å². The molecule has 0 saturated heterocycles. The number of nitrogens with one attached hydrogen (secondary N) is 1. The van der Waals surface area contributed by atoms with E-state index in [-0.39, 0.29) is 29.5 Å². The van der Waals surface area contributed by atoms with Crippen LogP contribution in [0.25, 0.3) is 10.8 Å². The van der Waals surface area contributed by atoms with Crippen LogP contribution in [0.3, 0.4) is 0 Å². The Morgan fingerprint density at radius 2 is 1.96 bits per heavy atom. The summed E-state index contributed by atoms with van der Waals surface area (Å²) in [6.07, 6.45) is 1.96. The molecule has 1 aliphatic carbocycles. The molecule has 1 aliphatic rings. The van der Waals surface area contributed by atoms with Crippen LogP contribution in [0.15, 0.2) is 60.7 Å². The quantitative estimate of drug-likeness (QED) is 0.688. The van der Waals surface area contributed by atoms with Crippen molar-refractivity contribution in [3.8, 4) is 0 Å². The Labute approximate surface area is 158 Å². The Kier molecular flexibility index (Phi) is 4.44. The third kappa shape index (κ3) is 3.45. The van der Waals surface area contributed by atoms with Gasteiger partial charge in [-0.2, -0.15) is 0 Å². The molecule has 2 atom stereocenters. The number of hydrogen-bond donors (Lipinski definition) is 2. The summed E-state index contributed by atoms with van der Waals surface area (Å²) in [5.74, 6) is -0.437. The van der Waals surface area contributed by atoms with Gasteiger partial charge >= 0.3 is 0 Å². The summed E-state index contributed by atoms with van der Waals surface area (Å²) in [6.45, 7) is 2.05. The highest BCUT2D eigenvalue weighted by atomic mass is 19.1. The van der Waals surface area contributed by atoms with Crippen LogP contribution in [0.2, 0.25) is 0 Å². The molecular formula is C23H23FN2O. The number of fused-ring (bicyclic) bond motifs is 1. The third-order valence-electron chi connectivity index (χ3n) is 5.68. The van der Waals surface area contributed by atoms with Crippen molar-refractivity contribution in [1.29, 1.82) is 0 Å². The highest BCUT2D eigenvalue weighted by Gasteiger charge is 2.50. The molecule has 3 aromatic rings. The van der Waals surface area contributed by atoms with Gasteiger partial charge in [-0.15, -0.1) is 0 Å². The molecule has 1 saturated carbocycles. The number of halogens is 1. The first-order valence-corrected chi connectivity index (χ1v) is 9.35. The standard InChI is InChI=1S/C23H23FN2O/c1-2-23(25)14-19(23)17-10-11-21(20(24)12-17)26-22(27)13-16-8-5-7-15-6-3-4-9-18(15)16/h3-12,19H,2,13-14,25H2,1H3,(H,26,27)/t19-,23-/m0/s1. The maximum absolute atomic E-state index is 14.5. The van der Waals surface area contributed by atoms with Gasteiger partial charge in [0.2, 0.25) is 5.91 Å². The zero-order valence-electron chi connectivity index (χ0n) is 15.3. The first-order chi connectivity index (χ1) is 13.0. The van der Waals surface area contributed by atoms with Gasteiger partial charge in [0.1, 0.15) is 5.82 Å². The van der Waals surface area contributed by atoms with Gasteiger partial charge in [0.25, 0.3) is 0 Å². The first-order valence-electron chi connectivity index (χ1n) is 9.35. The first kappa shape index (κ1) is 17.7. The van der Waals surface area contributed by atoms with Crippen LogP contribution in [-0.2, 0) is 11.2 Å². The molecule has 27 heavy (non-hydrogen) atoms. The van der Waals surface area contributed by atoms with Crippen molar-refractivity contribution in [3.63, 3.8) is 0 Å². The molecule has 3 aromatic carbocycles. The fraction of sp³-hybridized carbons (Fsp3) is 0.261. The maximum Gasteiger partial charge on any atom is 0.228 e. The molecule has 1 fully saturated rings. The zero-order valence-corrected chi connectivity index (χ0v) is 15.3. The number of hydrogen-bond acceptors (Lipinski definition) is 2. The number of benzene rings is 3. The van der Waals surface area contributed by atoms with Crippen LogP contribution in [0.5, 0.6) is 0 Å². The monoisotopic (exact) mass is 362 g/mol. The molecular weight excluding hydrogens is 339 g/mol. The molecule has 0 bridgehead atoms. The van der Waals surface area contributed by atoms with Crippen LogP contribution in [0.4, 0.5) is 10.1 Å². The highest BCUT2D eigenvalue weighted by Crippen LogP contribution is 2.51. The fourth-order valence-corrected chi connectivity index (χ4v) is 3.83. The lowest BCUT2D eigenvalue weighted by Gasteiger charge is -2.11. The SMILES string of the molecule is CC[C@]1(N)C[C@H]1c1ccc(NC(=O)Cc2cccc3ccccc23)c(F)c1. The molecule has 138 valence electrons. The van der Waals surface area contributed by atoms with E-state index in [1.54, 1.807) is 6.07 Å². The van der Waals surface area contributed by atoms with Crippen molar-refractivity contribution in [2.75, 3.05) is 5.32 Å². The molecule has 0 spiro atoms. The molecule has 4 heteroatoms. The van der Waals surface area contributed by atoms with E-state index in [2.05, 4.69) is 12.2 Å². The van der Waals surface area contributed by atoms with E-state index in [0.29, 0.717) is 0 Å². The van der Waals surface area contributed by atoms with Crippen LogP contribution in [-0.4, -0.2) is 11.4 Å². The predicted molar refractivity (Wildman–Crippen MR) is 107 cm³/mol. The molecule has 0 heterocycles. The Morgan fingerprint density at radius 1 is 1.19 bits per heavy atom. The Hall–Kier alpha value is -2.72. The second-order valence-corrected chi connectivity index (χ2v) is 7.45. The van der Waals surface area contributed by atoms with E-state index in [1.807, 2.05) is 48.5 Å². The van der Waals surface area contributed by atoms with Crippen LogP contribution in [0, 0.1) is 5.82 Å². The van der Waals surface area contributed by atoms with E-state index < -0.39 is 5.82 Å². The molecule has 3 N–H and O–H groups in total. The number of rotatable bonds is 5. The molecule has 1 amide bonds. The van der Waals surface area contributed by atoms with E-state index in [0.717, 1.165) is 34.7 Å². The lowest BCUT2D eigenvalue weighted by atomic mass is 10.0. The second kappa shape index (κ2) is 6.78. The van der Waals surface area contributed by atoms with E-state index >= 15 is 0 Å². The van der Waals surface area contributed by atoms with Crippen molar-refractivity contribution in [1.82, 2.24) is 0 Å². The van der Waals surface area contributed by atoms with Crippen LogP contribution in [0.1, 0.15) is 36.8 Å². The average molecular weight is 362 g/mol. The minimum absolute atomic E-state index is 0.201. The molecule has 3 nitrogen and oxygen atoms in total. The lowest BCUT2D eigenvalue weighted by Crippen LogP contribution is -2.22. The number of amides is 1. The smallest absolute Gasteiger partial charge is 0.228 e. The topological polar surface area (TPSA) is 55.1 Å². The number of carbonyl (C=O) groups is 1. The number of carbonyl (C=O) groups excluding carboxylic acids is 1. The van der Waals surface area contributed by atoms with Crippen LogP contribution < -0.4 is 11.1 Å². The summed E-state index contributed by atoms with van der Waals surface area (Å²) < 4.78 is 14.5. The van der Waals surface area contributed by atoms with Gasteiger partial charge < -0.3 is 11.1 Å². The second-order valence-electron chi connectivity index (χ2n) is 7.45. The predicted octanol–water partition coefficient (Wildman–Crippen LogP) is 4.75. The van der Waals surface area contributed by atoms with E-state index in [4.69, 9.17) is 5.73 Å². The molecule has 0 aliphatic heterocycles. The fourth-order valence-electron chi connectivity index (χ4n) is 3.83. The van der Waals surface area contributed by atoms with Gasteiger partial charge in [0, 0.05) is 11.5 Å². The summed E-state index contributed by atoms with van der Waals surface area (Å²) >= 11 is 0. The highest BCUT2D eigenvalue weighted by molar-refractivity contribution is 5.96. The summed E-state index contributed by atoms with van der Waals surface area (Å²) in [6, 6.07) is 18.8. The minimum atomic E-state index is -0.413. The minimum Gasteiger partial charge on any atom is -0.325 e. The third-order valence-corrected chi connectivity index (χ3v) is 5.68. The van der Waals surface area contributed by atoms with Crippen molar-refractivity contribution in [3.05, 3.63) is 77.6 Å². The van der Waals surface area contributed by atoms with Gasteiger partial charge in [0.05, 0.1) is 12.1 Å². The Bertz CT molecular complexity index is 1010. The van der Waals surface area contributed by atoms with E-state index in [9.17, 15) is 9.18 Å². The Morgan fingerprint density at radius 3 is 2.70 bits per heavy atom. The average Bonchev–Trinajstić information content (AvgIpc) is 3.36. The lowest BCUT2D eigenvalue weighted by molar-refractivity contribution is -0.115. The van der Waals surface area contributed by atoms with Gasteiger partial charge in [-0.05, 0) is 46.9 Å². The van der Waals surface area contributed by atoms with Crippen LogP contribution >= 0.6 is 0 Å². The normalized spacial score (nSPS) is 21.2. The van der Waals surface area contributed by atoms with Crippen molar-refractivity contribution in [2.45, 2.75) is 37.6 Å². The molecule has 4 rings (SSSR count). The van der Waals surface area contributed by atoms with Crippen molar-refractivity contribution >= 4 is 22.4 Å². The van der Waals surface area contributed by atoms with Gasteiger partial charge in [-0.3, -0.25) is 4.79 Å². The largest absolute Gasteiger partial charge is 0.325 e. The zero-order chi connectivity index (χ0) is 19.0. The van der Waals surface area contributed by atoms with Crippen molar-refractivity contribution < 1.29 is 9.18 Å². The summed E-state index contributed by atoms with van der Waals surface area (Å²) in [7, 11) is 0. The van der Waals surface area contributed by atoms with E-state index in [1.165, 1.54) is 6.07 Å². The molecule has 0 aromatic heterocycles. The van der Waals surface area contributed by atoms with Gasteiger partial charge in [-0.1, -0.05) is 55.5 Å². The maximum atomic E-state index is 14.5.